The van der Waals surface area contributed by atoms with Crippen LogP contribution in [-0.4, -0.2) is 45.3 Å². The highest BCUT2D eigenvalue weighted by Crippen LogP contribution is 2.48. The number of halogens is 4. The summed E-state index contributed by atoms with van der Waals surface area (Å²) in [5, 5.41) is 9.80. The van der Waals surface area contributed by atoms with Crippen molar-refractivity contribution in [2.45, 2.75) is 50.8 Å². The third-order valence-electron chi connectivity index (χ3n) is 9.32. The third kappa shape index (κ3) is 5.37. The van der Waals surface area contributed by atoms with E-state index in [2.05, 4.69) is 4.90 Å². The Morgan fingerprint density at radius 3 is 2.57 bits per heavy atom. The van der Waals surface area contributed by atoms with Gasteiger partial charge in [0.15, 0.2) is 0 Å². The Balaban J connectivity index is 1.10. The molecular weight excluding hydrogens is 591 g/mol. The first-order valence-corrected chi connectivity index (χ1v) is 15.2. The molecular formula is C34H31ClF3N3O3. The Kier molecular flexibility index (Phi) is 7.41. The number of imidazole rings is 1. The fourth-order valence-corrected chi connectivity index (χ4v) is 6.67. The first-order chi connectivity index (χ1) is 21.2. The Labute approximate surface area is 257 Å². The van der Waals surface area contributed by atoms with Crippen molar-refractivity contribution >= 4 is 34.4 Å². The molecule has 0 bridgehead atoms. The van der Waals surface area contributed by atoms with Gasteiger partial charge in [-0.3, -0.25) is 9.29 Å². The van der Waals surface area contributed by atoms with E-state index in [-0.39, 0.29) is 22.1 Å². The number of rotatable bonds is 8. The molecule has 0 amide bonds. The van der Waals surface area contributed by atoms with Crippen molar-refractivity contribution in [1.82, 2.24) is 14.5 Å². The van der Waals surface area contributed by atoms with Crippen LogP contribution in [0.15, 0.2) is 60.7 Å². The zero-order valence-electron chi connectivity index (χ0n) is 23.9. The highest BCUT2D eigenvalue weighted by molar-refractivity contribution is 6.30. The van der Waals surface area contributed by atoms with Crippen molar-refractivity contribution in [2.24, 2.45) is 5.41 Å². The van der Waals surface area contributed by atoms with Gasteiger partial charge in [0, 0.05) is 22.5 Å². The van der Waals surface area contributed by atoms with Gasteiger partial charge >= 0.3 is 5.97 Å². The van der Waals surface area contributed by atoms with Crippen LogP contribution in [0, 0.1) is 11.2 Å². The van der Waals surface area contributed by atoms with Crippen LogP contribution in [0.25, 0.3) is 16.9 Å². The summed E-state index contributed by atoms with van der Waals surface area (Å²) in [5.41, 5.74) is 2.67. The molecule has 1 saturated carbocycles. The Hall–Kier alpha value is -3.82. The average molecular weight is 622 g/mol. The number of aromatic nitrogens is 2. The van der Waals surface area contributed by atoms with Gasteiger partial charge in [-0.2, -0.15) is 0 Å². The minimum atomic E-state index is -1.01. The Bertz CT molecular complexity index is 1790. The highest BCUT2D eigenvalue weighted by Gasteiger charge is 2.44. The van der Waals surface area contributed by atoms with Crippen LogP contribution in [-0.2, 0) is 13.1 Å². The number of likely N-dealkylation sites (tertiary alicyclic amines) is 1. The van der Waals surface area contributed by atoms with Crippen molar-refractivity contribution in [3.05, 3.63) is 99.6 Å². The number of para-hydroxylation sites is 1. The Morgan fingerprint density at radius 2 is 1.86 bits per heavy atom. The number of benzene rings is 3. The number of carboxylic acids is 1. The molecule has 0 unspecified atom stereocenters. The van der Waals surface area contributed by atoms with Gasteiger partial charge < -0.3 is 14.4 Å². The first-order valence-electron chi connectivity index (χ1n) is 14.9. The van der Waals surface area contributed by atoms with Crippen LogP contribution in [0.2, 0.25) is 5.02 Å². The molecule has 4 aromatic rings. The number of piperidine rings is 1. The van der Waals surface area contributed by atoms with Gasteiger partial charge in [-0.05, 0) is 92.7 Å². The fraction of sp³-hybridized carbons (Fsp3) is 0.353. The smallest absolute Gasteiger partial charge is 0.335 e. The summed E-state index contributed by atoms with van der Waals surface area (Å²) in [4.78, 5) is 18.8. The number of nitrogens with zero attached hydrogens (tertiary/aromatic N) is 3. The molecule has 0 radical (unpaired) electrons. The fourth-order valence-electron chi connectivity index (χ4n) is 6.52. The summed E-state index contributed by atoms with van der Waals surface area (Å²) >= 11 is 5.92. The van der Waals surface area contributed by atoms with Gasteiger partial charge in [0.1, 0.15) is 29.3 Å². The van der Waals surface area contributed by atoms with Crippen molar-refractivity contribution in [2.75, 3.05) is 19.8 Å². The molecule has 1 aliphatic carbocycles. The normalized spacial score (nSPS) is 19.8. The maximum absolute atomic E-state index is 15.3. The molecule has 2 fully saturated rings. The van der Waals surface area contributed by atoms with Gasteiger partial charge in [-0.25, -0.2) is 18.6 Å². The van der Waals surface area contributed by atoms with Crippen molar-refractivity contribution in [3.63, 3.8) is 0 Å². The minimum Gasteiger partial charge on any atom is -0.480 e. The second-order valence-corrected chi connectivity index (χ2v) is 12.7. The highest BCUT2D eigenvalue weighted by atomic mass is 35.5. The summed E-state index contributed by atoms with van der Waals surface area (Å²) < 4.78 is 52.2. The number of ether oxygens (including phenoxy) is 1. The molecule has 3 aliphatic rings. The van der Waals surface area contributed by atoms with E-state index in [1.54, 1.807) is 30.3 Å². The lowest BCUT2D eigenvalue weighted by Crippen LogP contribution is -2.34. The molecule has 7 rings (SSSR count). The lowest BCUT2D eigenvalue weighted by atomic mass is 9.86. The van der Waals surface area contributed by atoms with E-state index < -0.39 is 35.8 Å². The monoisotopic (exact) mass is 621 g/mol. The molecule has 44 heavy (non-hydrogen) atoms. The van der Waals surface area contributed by atoms with E-state index in [0.29, 0.717) is 35.4 Å². The van der Waals surface area contributed by atoms with Crippen molar-refractivity contribution in [1.29, 1.82) is 0 Å². The average Bonchev–Trinajstić information content (AvgIpc) is 3.72. The van der Waals surface area contributed by atoms with Crippen molar-refractivity contribution < 1.29 is 27.8 Å². The summed E-state index contributed by atoms with van der Waals surface area (Å²) in [6.07, 6.45) is 3.58. The second-order valence-electron chi connectivity index (χ2n) is 12.2. The molecule has 6 nitrogen and oxygen atoms in total. The molecule has 0 spiro atoms. The van der Waals surface area contributed by atoms with Crippen LogP contribution in [0.3, 0.4) is 0 Å². The van der Waals surface area contributed by atoms with E-state index in [1.165, 1.54) is 18.2 Å². The lowest BCUT2D eigenvalue weighted by Gasteiger charge is -2.34. The number of alkyl halides is 1. The largest absolute Gasteiger partial charge is 0.480 e. The molecule has 3 aromatic carbocycles. The van der Waals surface area contributed by atoms with Crippen molar-refractivity contribution in [3.8, 4) is 5.75 Å². The predicted octanol–water partition coefficient (Wildman–Crippen LogP) is 8.10. The van der Waals surface area contributed by atoms with Gasteiger partial charge in [0.05, 0.1) is 35.4 Å². The molecule has 3 heterocycles. The minimum absolute atomic E-state index is 0.112. The first kappa shape index (κ1) is 28.9. The van der Waals surface area contributed by atoms with E-state index in [1.807, 2.05) is 16.7 Å². The van der Waals surface area contributed by atoms with Crippen LogP contribution < -0.4 is 4.74 Å². The van der Waals surface area contributed by atoms with Gasteiger partial charge in [-0.1, -0.05) is 29.8 Å². The summed E-state index contributed by atoms with van der Waals surface area (Å²) in [7, 11) is 0. The maximum Gasteiger partial charge on any atom is 0.335 e. The molecule has 10 heteroatoms. The summed E-state index contributed by atoms with van der Waals surface area (Å²) in [6.45, 7) is 2.10. The van der Waals surface area contributed by atoms with Crippen LogP contribution in [0.5, 0.6) is 5.75 Å². The van der Waals surface area contributed by atoms with Crippen LogP contribution >= 0.6 is 11.6 Å². The topological polar surface area (TPSA) is 67.6 Å². The van der Waals surface area contributed by atoms with Crippen LogP contribution in [0.1, 0.15) is 70.6 Å². The summed E-state index contributed by atoms with van der Waals surface area (Å²) in [6, 6.07) is 14.6. The standard InChI is InChI=1S/C34H31ClF3N3O3/c35-22-5-6-24(26(37)15-22)30-16-27(38)25-3-1-2-23(32(25)44-30)20-8-12-40(13-9-20)17-31-39-28-7-4-21(33(42)43)14-29(28)41(31)19-34(18-36)10-11-34/h1-7,14-16,20,30H,8-13,17-19H2,(H,42,43)/t30-/m1/s1. The third-order valence-corrected chi connectivity index (χ3v) is 9.55. The molecule has 1 N–H and O–H groups in total. The maximum atomic E-state index is 15.3. The van der Waals surface area contributed by atoms with Gasteiger partial charge in [0.2, 0.25) is 0 Å². The predicted molar refractivity (Wildman–Crippen MR) is 162 cm³/mol. The Morgan fingerprint density at radius 1 is 1.07 bits per heavy atom. The van der Waals surface area contributed by atoms with E-state index in [4.69, 9.17) is 21.3 Å². The number of fused-ring (bicyclic) bond motifs is 2. The van der Waals surface area contributed by atoms with E-state index in [9.17, 15) is 18.7 Å². The molecule has 1 aromatic heterocycles. The zero-order chi connectivity index (χ0) is 30.6. The zero-order valence-corrected chi connectivity index (χ0v) is 24.7. The quantitative estimate of drug-likeness (QED) is 0.215. The van der Waals surface area contributed by atoms with E-state index >= 15 is 4.39 Å². The number of aromatic carboxylic acids is 1. The molecule has 228 valence electrons. The van der Waals surface area contributed by atoms with Gasteiger partial charge in [0.25, 0.3) is 0 Å². The van der Waals surface area contributed by atoms with Crippen LogP contribution in [0.4, 0.5) is 13.2 Å². The number of carboxylic acid groups (broad SMARTS) is 1. The SMILES string of the molecule is O=C(O)c1ccc2nc(CN3CCC(c4cccc5c4O[C@@H](c4ccc(Cl)cc4F)C=C5F)CC3)n(CC3(CF)CC3)c2c1. The molecule has 1 atom stereocenters. The van der Waals surface area contributed by atoms with E-state index in [0.717, 1.165) is 50.2 Å². The lowest BCUT2D eigenvalue weighted by molar-refractivity contribution is 0.0697. The number of hydrogen-bond donors (Lipinski definition) is 1. The summed E-state index contributed by atoms with van der Waals surface area (Å²) in [5.74, 6) is -0.659. The number of hydrogen-bond acceptors (Lipinski definition) is 4. The second kappa shape index (κ2) is 11.3. The number of carbonyl (C=O) groups is 1. The van der Waals surface area contributed by atoms with Gasteiger partial charge in [-0.15, -0.1) is 0 Å². The molecule has 2 aliphatic heterocycles. The molecule has 1 saturated heterocycles.